The number of benzene rings is 2. The largest absolute Gasteiger partial charge is 0.674 e. The number of aromatic nitrogens is 2. The van der Waals surface area contributed by atoms with Crippen molar-refractivity contribution in [2.75, 3.05) is 69.1 Å². The van der Waals surface area contributed by atoms with Crippen molar-refractivity contribution in [1.29, 1.82) is 0 Å². The fourth-order valence-corrected chi connectivity index (χ4v) is 4.06. The fraction of sp³-hybridized carbons (Fsp3) is 0.429. The number of alkyl halides is 1. The first kappa shape index (κ1) is 37.0. The second-order valence-electron chi connectivity index (χ2n) is 9.56. The van der Waals surface area contributed by atoms with Crippen LogP contribution >= 0.6 is 11.6 Å². The molecule has 0 atom stereocenters. The van der Waals surface area contributed by atoms with Crippen molar-refractivity contribution >= 4 is 29.2 Å². The van der Waals surface area contributed by atoms with Crippen LogP contribution in [0.1, 0.15) is 22.3 Å². The van der Waals surface area contributed by atoms with Crippen LogP contribution in [-0.4, -0.2) is 69.2 Å². The van der Waals surface area contributed by atoms with Crippen LogP contribution in [0.4, 0.5) is 17.6 Å². The van der Waals surface area contributed by atoms with Crippen molar-refractivity contribution in [2.24, 2.45) is 0 Å². The predicted molar refractivity (Wildman–Crippen MR) is 157 cm³/mol. The molecule has 1 aromatic heterocycles. The normalized spacial score (nSPS) is 12.9. The maximum Gasteiger partial charge on any atom is 0.229 e. The topological polar surface area (TPSA) is 86.3 Å². The smallest absolute Gasteiger partial charge is 0.229 e. The molecule has 39 heavy (non-hydrogen) atoms. The number of nitrogens with one attached hydrogen (secondary N) is 2. The zero-order chi connectivity index (χ0) is 26.8. The van der Waals surface area contributed by atoms with E-state index < -0.39 is 0 Å². The van der Waals surface area contributed by atoms with E-state index in [0.29, 0.717) is 19.0 Å². The summed E-state index contributed by atoms with van der Waals surface area (Å²) in [7, 11) is 8.04. The standard InChI is InChI=1S/C20H30N7.C8H9ClN.2Ac/c1-24(2)18-13-19(25(3)4)23-20(22-18)27-11-9-26(10-12-27)15-17-7-5-16(14-21)6-8-17;9-5-7-1-3-8(6-10)4-2-7;;/h5-8,13,21H,9-12,14-15H2,1-4H3;1-4,10H,5-6H2;;/q2*-1;;. The van der Waals surface area contributed by atoms with Gasteiger partial charge in [0, 0.05) is 161 Å². The van der Waals surface area contributed by atoms with Gasteiger partial charge in [-0.15, -0.1) is 24.7 Å². The van der Waals surface area contributed by atoms with Crippen LogP contribution in [0.15, 0.2) is 54.6 Å². The van der Waals surface area contributed by atoms with E-state index in [2.05, 4.69) is 34.1 Å². The Hall–Kier alpha value is -0.0269. The van der Waals surface area contributed by atoms with Crippen molar-refractivity contribution in [2.45, 2.75) is 25.5 Å². The van der Waals surface area contributed by atoms with Crippen molar-refractivity contribution in [3.8, 4) is 0 Å². The molecular weight excluding hydrogens is 938 g/mol. The number of rotatable bonds is 8. The first-order valence-electron chi connectivity index (χ1n) is 12.5. The van der Waals surface area contributed by atoms with Gasteiger partial charge in [0.15, 0.2) is 0 Å². The molecule has 1 fully saturated rings. The van der Waals surface area contributed by atoms with Crippen molar-refractivity contribution < 1.29 is 88.1 Å². The molecule has 0 aliphatic carbocycles. The third-order valence-corrected chi connectivity index (χ3v) is 6.58. The van der Waals surface area contributed by atoms with Crippen molar-refractivity contribution in [1.82, 2.24) is 14.9 Å². The van der Waals surface area contributed by atoms with E-state index >= 15 is 0 Å². The van der Waals surface area contributed by atoms with Crippen LogP contribution in [0.5, 0.6) is 0 Å². The van der Waals surface area contributed by atoms with E-state index in [1.54, 1.807) is 0 Å². The average molecular weight is 977 g/mol. The number of hydrogen-bond donors (Lipinski definition) is 0. The molecule has 0 spiro atoms. The van der Waals surface area contributed by atoms with Crippen LogP contribution in [0.2, 0.25) is 0 Å². The minimum atomic E-state index is 0. The minimum Gasteiger partial charge on any atom is -0.674 e. The summed E-state index contributed by atoms with van der Waals surface area (Å²) in [5.74, 6) is 3.23. The summed E-state index contributed by atoms with van der Waals surface area (Å²) in [6.07, 6.45) is 0. The first-order chi connectivity index (χ1) is 17.8. The maximum absolute atomic E-state index is 7.42. The molecule has 1 aliphatic rings. The molecule has 2 aromatic carbocycles. The third kappa shape index (κ3) is 12.0. The van der Waals surface area contributed by atoms with Crippen LogP contribution in [-0.2, 0) is 25.5 Å². The Balaban J connectivity index is 0.000000538. The van der Waals surface area contributed by atoms with Gasteiger partial charge >= 0.3 is 0 Å². The Morgan fingerprint density at radius 3 is 1.49 bits per heavy atom. The second-order valence-corrected chi connectivity index (χ2v) is 9.82. The van der Waals surface area contributed by atoms with Gasteiger partial charge in [-0.3, -0.25) is 4.90 Å². The molecule has 0 saturated carbocycles. The van der Waals surface area contributed by atoms with Gasteiger partial charge in [-0.05, 0) is 11.1 Å². The van der Waals surface area contributed by atoms with Gasteiger partial charge in [0.2, 0.25) is 5.95 Å². The van der Waals surface area contributed by atoms with Crippen LogP contribution in [0.3, 0.4) is 0 Å². The molecule has 2 radical (unpaired) electrons. The zero-order valence-electron chi connectivity index (χ0n) is 23.6. The van der Waals surface area contributed by atoms with Gasteiger partial charge in [-0.25, -0.2) is 0 Å². The summed E-state index contributed by atoms with van der Waals surface area (Å²) in [5, 5.41) is 0. The average Bonchev–Trinajstić information content (AvgIpc) is 2.94. The third-order valence-electron chi connectivity index (χ3n) is 6.27. The Labute approximate surface area is 310 Å². The van der Waals surface area contributed by atoms with E-state index in [0.717, 1.165) is 67.0 Å². The van der Waals surface area contributed by atoms with Gasteiger partial charge in [0.1, 0.15) is 11.6 Å². The Morgan fingerprint density at radius 1 is 0.692 bits per heavy atom. The van der Waals surface area contributed by atoms with E-state index in [1.165, 1.54) is 5.56 Å². The van der Waals surface area contributed by atoms with E-state index in [-0.39, 0.29) is 88.1 Å². The quantitative estimate of drug-likeness (QED) is 0.279. The first-order valence-corrected chi connectivity index (χ1v) is 13.1. The summed E-state index contributed by atoms with van der Waals surface area (Å²) in [4.78, 5) is 18.3. The molecule has 3 aromatic rings. The van der Waals surface area contributed by atoms with Gasteiger partial charge in [0.05, 0.1) is 0 Å². The molecular formula is C28H39Ac2ClN8-2. The van der Waals surface area contributed by atoms with Gasteiger partial charge in [-0.1, -0.05) is 59.7 Å². The molecule has 2 N–H and O–H groups in total. The molecule has 2 heterocycles. The number of hydrogen-bond acceptors (Lipinski definition) is 6. The van der Waals surface area contributed by atoms with E-state index in [1.807, 2.05) is 68.3 Å². The molecule has 0 bridgehead atoms. The number of nitrogens with zero attached hydrogens (tertiary/aromatic N) is 6. The monoisotopic (exact) mass is 976 g/mol. The second kappa shape index (κ2) is 19.2. The van der Waals surface area contributed by atoms with Gasteiger partial charge in [-0.2, -0.15) is 9.97 Å². The Bertz CT molecular complexity index is 1040. The van der Waals surface area contributed by atoms with Crippen LogP contribution in [0.25, 0.3) is 11.5 Å². The van der Waals surface area contributed by atoms with E-state index in [4.69, 9.17) is 33.0 Å². The molecule has 1 saturated heterocycles. The Kier molecular flexibility index (Phi) is 18.2. The summed E-state index contributed by atoms with van der Waals surface area (Å²) < 4.78 is 0. The molecule has 206 valence electrons. The van der Waals surface area contributed by atoms with Gasteiger partial charge in [0.25, 0.3) is 0 Å². The van der Waals surface area contributed by atoms with E-state index in [9.17, 15) is 0 Å². The number of piperazine rings is 1. The van der Waals surface area contributed by atoms with Crippen LogP contribution in [0, 0.1) is 88.1 Å². The molecule has 0 unspecified atom stereocenters. The number of halogens is 1. The maximum atomic E-state index is 7.42. The molecule has 8 nitrogen and oxygen atoms in total. The summed E-state index contributed by atoms with van der Waals surface area (Å²) in [6.45, 7) is 5.49. The molecule has 1 aliphatic heterocycles. The molecule has 4 rings (SSSR count). The van der Waals surface area contributed by atoms with Crippen molar-refractivity contribution in [3.05, 3.63) is 88.3 Å². The molecule has 11 heteroatoms. The minimum absolute atomic E-state index is 0. The molecule has 0 amide bonds. The fourth-order valence-electron chi connectivity index (χ4n) is 3.88. The predicted octanol–water partition coefficient (Wildman–Crippen LogP) is 5.46. The zero-order valence-corrected chi connectivity index (χ0v) is 33.8. The summed E-state index contributed by atoms with van der Waals surface area (Å²) in [5.41, 5.74) is 19.0. The SMILES string of the molecule is CN(C)c1cc(N(C)C)nc(N2CCN(Cc3ccc(C[NH-])cc3)CC2)n1.[Ac].[Ac].[NH-]Cc1ccc(CCl)cc1. The number of anilines is 3. The van der Waals surface area contributed by atoms with Crippen molar-refractivity contribution in [3.63, 3.8) is 0 Å². The summed E-state index contributed by atoms with van der Waals surface area (Å²) in [6, 6.07) is 18.2. The summed E-state index contributed by atoms with van der Waals surface area (Å²) >= 11 is 5.58. The van der Waals surface area contributed by atoms with Gasteiger partial charge < -0.3 is 26.2 Å². The van der Waals surface area contributed by atoms with Crippen LogP contribution < -0.4 is 14.7 Å². The Morgan fingerprint density at radius 2 is 1.10 bits per heavy atom.